The van der Waals surface area contributed by atoms with Crippen molar-refractivity contribution in [3.63, 3.8) is 0 Å². The van der Waals surface area contributed by atoms with Gasteiger partial charge >= 0.3 is 0 Å². The van der Waals surface area contributed by atoms with Crippen molar-refractivity contribution in [2.45, 2.75) is 45.7 Å². The van der Waals surface area contributed by atoms with Crippen molar-refractivity contribution in [3.8, 4) is 0 Å². The maximum absolute atomic E-state index is 12.0. The molecule has 2 heterocycles. The molecule has 1 aliphatic carbocycles. The molecule has 1 aliphatic heterocycles. The number of nitrogens with one attached hydrogen (secondary N) is 1. The third-order valence-electron chi connectivity index (χ3n) is 3.93. The summed E-state index contributed by atoms with van der Waals surface area (Å²) in [6.07, 6.45) is 3.33. The number of likely N-dealkylation sites (tertiary alicyclic amines) is 1. The van der Waals surface area contributed by atoms with Crippen LogP contribution in [0.25, 0.3) is 0 Å². The second-order valence-corrected chi connectivity index (χ2v) is 7.03. The molecule has 1 unspecified atom stereocenters. The maximum atomic E-state index is 12.0. The molecule has 0 spiro atoms. The number of amides is 1. The number of aromatic nitrogens is 1. The first-order valence-corrected chi connectivity index (χ1v) is 7.89. The summed E-state index contributed by atoms with van der Waals surface area (Å²) in [6.45, 7) is 7.00. The van der Waals surface area contributed by atoms with Crippen molar-refractivity contribution in [3.05, 3.63) is 15.6 Å². The fraction of sp³-hybridized carbons (Fsp3) is 0.714. The molecule has 1 saturated heterocycles. The lowest BCUT2D eigenvalue weighted by Crippen LogP contribution is -2.34. The van der Waals surface area contributed by atoms with Gasteiger partial charge in [0.2, 0.25) is 5.91 Å². The van der Waals surface area contributed by atoms with Crippen LogP contribution in [0.5, 0.6) is 0 Å². The van der Waals surface area contributed by atoms with E-state index < -0.39 is 0 Å². The Labute approximate surface area is 118 Å². The van der Waals surface area contributed by atoms with Gasteiger partial charge in [0.15, 0.2) is 0 Å². The minimum atomic E-state index is 0.190. The van der Waals surface area contributed by atoms with Crippen molar-refractivity contribution in [1.29, 1.82) is 0 Å². The number of carbonyl (C=O) groups is 1. The smallest absolute Gasteiger partial charge is 0.224 e. The van der Waals surface area contributed by atoms with Crippen molar-refractivity contribution in [2.24, 2.45) is 5.92 Å². The summed E-state index contributed by atoms with van der Waals surface area (Å²) in [4.78, 5) is 20.2. The van der Waals surface area contributed by atoms with Crippen molar-refractivity contribution < 1.29 is 4.79 Å². The Morgan fingerprint density at radius 3 is 2.84 bits per heavy atom. The summed E-state index contributed by atoms with van der Waals surface area (Å²) in [5.41, 5.74) is 1.15. The van der Waals surface area contributed by atoms with Gasteiger partial charge in [-0.3, -0.25) is 9.69 Å². The van der Waals surface area contributed by atoms with E-state index in [0.717, 1.165) is 36.8 Å². The molecule has 1 N–H and O–H groups in total. The summed E-state index contributed by atoms with van der Waals surface area (Å²) in [5, 5.41) is 4.25. The van der Waals surface area contributed by atoms with Gasteiger partial charge in [-0.05, 0) is 39.7 Å². The van der Waals surface area contributed by atoms with Gasteiger partial charge in [-0.1, -0.05) is 0 Å². The van der Waals surface area contributed by atoms with Gasteiger partial charge in [-0.15, -0.1) is 11.3 Å². The van der Waals surface area contributed by atoms with Crippen LogP contribution in [0.15, 0.2) is 0 Å². The molecule has 0 radical (unpaired) electrons. The topological polar surface area (TPSA) is 45.2 Å². The molecule has 2 fully saturated rings. The number of hydrogen-bond acceptors (Lipinski definition) is 4. The zero-order valence-electron chi connectivity index (χ0n) is 11.6. The minimum Gasteiger partial charge on any atom is -0.353 e. The highest BCUT2D eigenvalue weighted by Crippen LogP contribution is 2.25. The van der Waals surface area contributed by atoms with Crippen molar-refractivity contribution in [2.75, 3.05) is 13.1 Å². The van der Waals surface area contributed by atoms with Crippen molar-refractivity contribution in [1.82, 2.24) is 15.2 Å². The Morgan fingerprint density at radius 1 is 1.42 bits per heavy atom. The van der Waals surface area contributed by atoms with Gasteiger partial charge in [0.05, 0.1) is 16.6 Å². The summed E-state index contributed by atoms with van der Waals surface area (Å²) in [5.74, 6) is 0.456. The molecule has 0 aromatic carbocycles. The Morgan fingerprint density at radius 2 is 2.21 bits per heavy atom. The number of carbonyl (C=O) groups excluding carboxylic acids is 1. The molecule has 1 aromatic rings. The van der Waals surface area contributed by atoms with E-state index in [9.17, 15) is 4.79 Å². The van der Waals surface area contributed by atoms with E-state index in [0.29, 0.717) is 6.04 Å². The fourth-order valence-electron chi connectivity index (χ4n) is 2.66. The fourth-order valence-corrected chi connectivity index (χ4v) is 3.64. The first-order chi connectivity index (χ1) is 9.11. The molecular weight excluding hydrogens is 258 g/mol. The Kier molecular flexibility index (Phi) is 3.58. The molecule has 2 aliphatic rings. The number of nitrogens with zero attached hydrogens (tertiary/aromatic N) is 2. The van der Waals surface area contributed by atoms with Gasteiger partial charge in [-0.2, -0.15) is 0 Å². The Bertz CT molecular complexity index is 481. The third kappa shape index (κ3) is 3.15. The van der Waals surface area contributed by atoms with Crippen LogP contribution in [0.2, 0.25) is 0 Å². The molecule has 1 amide bonds. The lowest BCUT2D eigenvalue weighted by molar-refractivity contribution is -0.124. The molecular formula is C14H21N3OS. The van der Waals surface area contributed by atoms with Crippen molar-refractivity contribution >= 4 is 17.2 Å². The van der Waals surface area contributed by atoms with Crippen LogP contribution in [-0.2, 0) is 11.3 Å². The van der Waals surface area contributed by atoms with Gasteiger partial charge in [-0.25, -0.2) is 4.98 Å². The molecule has 1 atom stereocenters. The Balaban J connectivity index is 1.53. The van der Waals surface area contributed by atoms with E-state index >= 15 is 0 Å². The zero-order valence-corrected chi connectivity index (χ0v) is 12.4. The summed E-state index contributed by atoms with van der Waals surface area (Å²) < 4.78 is 0. The zero-order chi connectivity index (χ0) is 13.4. The van der Waals surface area contributed by atoms with E-state index in [1.165, 1.54) is 17.7 Å². The molecule has 104 valence electrons. The predicted molar refractivity (Wildman–Crippen MR) is 76.1 cm³/mol. The van der Waals surface area contributed by atoms with Gasteiger partial charge in [0.25, 0.3) is 0 Å². The molecule has 0 bridgehead atoms. The normalized spacial score (nSPS) is 23.8. The largest absolute Gasteiger partial charge is 0.353 e. The van der Waals surface area contributed by atoms with E-state index in [2.05, 4.69) is 29.0 Å². The minimum absolute atomic E-state index is 0.190. The highest BCUT2D eigenvalue weighted by molar-refractivity contribution is 7.11. The average Bonchev–Trinajstić information content (AvgIpc) is 2.94. The molecule has 1 saturated carbocycles. The number of hydrogen-bond donors (Lipinski definition) is 1. The monoisotopic (exact) mass is 279 g/mol. The molecule has 4 nitrogen and oxygen atoms in total. The second-order valence-electron chi connectivity index (χ2n) is 5.75. The van der Waals surface area contributed by atoms with Gasteiger partial charge < -0.3 is 5.32 Å². The number of rotatable bonds is 4. The van der Waals surface area contributed by atoms with E-state index in [4.69, 9.17) is 0 Å². The summed E-state index contributed by atoms with van der Waals surface area (Å²) in [7, 11) is 0. The lowest BCUT2D eigenvalue weighted by atomic mass is 10.1. The Hall–Kier alpha value is -0.940. The van der Waals surface area contributed by atoms with Crippen LogP contribution >= 0.6 is 11.3 Å². The molecule has 1 aromatic heterocycles. The molecule has 19 heavy (non-hydrogen) atoms. The van der Waals surface area contributed by atoms with Gasteiger partial charge in [0.1, 0.15) is 0 Å². The number of aryl methyl sites for hydroxylation is 2. The van der Waals surface area contributed by atoms with Crippen LogP contribution in [0.4, 0.5) is 0 Å². The second kappa shape index (κ2) is 5.21. The molecule has 5 heteroatoms. The van der Waals surface area contributed by atoms with Crippen LogP contribution in [-0.4, -0.2) is 34.9 Å². The van der Waals surface area contributed by atoms with Crippen LogP contribution in [0.3, 0.4) is 0 Å². The third-order valence-corrected chi connectivity index (χ3v) is 4.99. The number of thiazole rings is 1. The van der Waals surface area contributed by atoms with Gasteiger partial charge in [0, 0.05) is 24.0 Å². The quantitative estimate of drug-likeness (QED) is 0.915. The summed E-state index contributed by atoms with van der Waals surface area (Å²) in [6, 6.07) is 0.480. The summed E-state index contributed by atoms with van der Waals surface area (Å²) >= 11 is 1.78. The first kappa shape index (κ1) is 13.1. The van der Waals surface area contributed by atoms with E-state index in [1.807, 2.05) is 0 Å². The van der Waals surface area contributed by atoms with Crippen LogP contribution in [0.1, 0.15) is 34.8 Å². The van der Waals surface area contributed by atoms with Crippen LogP contribution < -0.4 is 5.32 Å². The average molecular weight is 279 g/mol. The predicted octanol–water partition coefficient (Wildman–Crippen LogP) is 1.86. The standard InChI is InChI=1S/C14H21N3OS/c1-9-13(19-10(2)15-9)8-17-6-5-11(7-17)14(18)16-12-3-4-12/h11-12H,3-8H2,1-2H3,(H,16,18). The van der Waals surface area contributed by atoms with E-state index in [-0.39, 0.29) is 11.8 Å². The van der Waals surface area contributed by atoms with Crippen LogP contribution in [0, 0.1) is 19.8 Å². The molecule has 3 rings (SSSR count). The first-order valence-electron chi connectivity index (χ1n) is 7.07. The maximum Gasteiger partial charge on any atom is 0.224 e. The highest BCUT2D eigenvalue weighted by atomic mass is 32.1. The highest BCUT2D eigenvalue weighted by Gasteiger charge is 2.32. The SMILES string of the molecule is Cc1nc(C)c(CN2CCC(C(=O)NC3CC3)C2)s1. The lowest BCUT2D eigenvalue weighted by Gasteiger charge is -2.15. The van der Waals surface area contributed by atoms with E-state index in [1.54, 1.807) is 11.3 Å².